The third-order valence-corrected chi connectivity index (χ3v) is 4.40. The molecule has 2 aromatic carbocycles. The Kier molecular flexibility index (Phi) is 5.91. The van der Waals surface area contributed by atoms with Gasteiger partial charge in [0.25, 0.3) is 0 Å². The summed E-state index contributed by atoms with van der Waals surface area (Å²) >= 11 is 0. The molecule has 0 amide bonds. The number of nitrogens with one attached hydrogen (secondary N) is 1. The van der Waals surface area contributed by atoms with Gasteiger partial charge in [-0.25, -0.2) is 0 Å². The van der Waals surface area contributed by atoms with Crippen molar-refractivity contribution in [1.29, 1.82) is 0 Å². The van der Waals surface area contributed by atoms with E-state index in [0.29, 0.717) is 18.6 Å². The first-order valence-corrected chi connectivity index (χ1v) is 9.10. The summed E-state index contributed by atoms with van der Waals surface area (Å²) in [5.41, 5.74) is 2.37. The van der Waals surface area contributed by atoms with Crippen LogP contribution >= 0.6 is 0 Å². The Balaban J connectivity index is 1.60. The lowest BCUT2D eigenvalue weighted by Crippen LogP contribution is -2.24. The molecule has 1 aromatic heterocycles. The first-order chi connectivity index (χ1) is 13.1. The second kappa shape index (κ2) is 8.54. The quantitative estimate of drug-likeness (QED) is 0.477. The molecule has 0 aliphatic rings. The lowest BCUT2D eigenvalue weighted by molar-refractivity contribution is -0.146. The second-order valence-corrected chi connectivity index (χ2v) is 6.29. The van der Waals surface area contributed by atoms with Crippen LogP contribution in [-0.2, 0) is 16.0 Å². The molecule has 0 aliphatic carbocycles. The number of hydrogen-bond donors (Lipinski definition) is 1. The van der Waals surface area contributed by atoms with Gasteiger partial charge in [0, 0.05) is 29.1 Å². The summed E-state index contributed by atoms with van der Waals surface area (Å²) in [4.78, 5) is 27.9. The van der Waals surface area contributed by atoms with Crippen molar-refractivity contribution in [3.8, 4) is 5.75 Å². The molecule has 1 heterocycles. The van der Waals surface area contributed by atoms with Crippen molar-refractivity contribution in [2.45, 2.75) is 32.8 Å². The molecular weight excluding hydrogens is 342 g/mol. The van der Waals surface area contributed by atoms with E-state index in [2.05, 4.69) is 4.98 Å². The molecule has 3 aromatic rings. The molecule has 1 atom stereocenters. The zero-order valence-electron chi connectivity index (χ0n) is 15.5. The molecule has 0 unspecified atom stereocenters. The van der Waals surface area contributed by atoms with Gasteiger partial charge in [-0.2, -0.15) is 0 Å². The number of fused-ring (bicyclic) bond motifs is 1. The zero-order valence-corrected chi connectivity index (χ0v) is 15.5. The zero-order chi connectivity index (χ0) is 19.2. The number of carbonyl (C=O) groups is 2. The van der Waals surface area contributed by atoms with Crippen LogP contribution < -0.4 is 4.74 Å². The maximum atomic E-state index is 12.7. The number of ketones is 1. The second-order valence-electron chi connectivity index (χ2n) is 6.29. The molecule has 0 aliphatic heterocycles. The van der Waals surface area contributed by atoms with Crippen molar-refractivity contribution in [1.82, 2.24) is 4.98 Å². The summed E-state index contributed by atoms with van der Waals surface area (Å²) in [5.74, 6) is 0.160. The van der Waals surface area contributed by atoms with Gasteiger partial charge >= 0.3 is 5.97 Å². The third kappa shape index (κ3) is 4.37. The lowest BCUT2D eigenvalue weighted by Gasteiger charge is -2.13. The van der Waals surface area contributed by atoms with Gasteiger partial charge < -0.3 is 14.5 Å². The predicted octanol–water partition coefficient (Wildman–Crippen LogP) is 4.31. The molecule has 0 saturated carbocycles. The van der Waals surface area contributed by atoms with E-state index in [1.807, 2.05) is 55.5 Å². The fourth-order valence-electron chi connectivity index (χ4n) is 3.05. The molecule has 0 spiro atoms. The topological polar surface area (TPSA) is 68.4 Å². The highest BCUT2D eigenvalue weighted by Gasteiger charge is 2.22. The summed E-state index contributed by atoms with van der Waals surface area (Å²) < 4.78 is 10.9. The Morgan fingerprint density at radius 2 is 1.81 bits per heavy atom. The average Bonchev–Trinajstić information content (AvgIpc) is 3.11. The Morgan fingerprint density at radius 1 is 1.07 bits per heavy atom. The number of H-pyrrole nitrogens is 1. The average molecular weight is 365 g/mol. The molecule has 1 N–H and O–H groups in total. The van der Waals surface area contributed by atoms with Crippen molar-refractivity contribution in [2.24, 2.45) is 0 Å². The van der Waals surface area contributed by atoms with Crippen LogP contribution in [0.25, 0.3) is 10.9 Å². The van der Waals surface area contributed by atoms with E-state index < -0.39 is 12.1 Å². The van der Waals surface area contributed by atoms with Crippen molar-refractivity contribution in [2.75, 3.05) is 6.61 Å². The van der Waals surface area contributed by atoms with Crippen LogP contribution in [0.3, 0.4) is 0 Å². The minimum Gasteiger partial charge on any atom is -0.494 e. The highest BCUT2D eigenvalue weighted by molar-refractivity contribution is 6.10. The first-order valence-electron chi connectivity index (χ1n) is 9.10. The summed E-state index contributed by atoms with van der Waals surface area (Å²) in [6.07, 6.45) is 1.52. The van der Waals surface area contributed by atoms with Crippen LogP contribution in [0, 0.1) is 0 Å². The van der Waals surface area contributed by atoms with Crippen molar-refractivity contribution >= 4 is 22.7 Å². The van der Waals surface area contributed by atoms with Gasteiger partial charge in [0.2, 0.25) is 5.78 Å². The van der Waals surface area contributed by atoms with E-state index in [1.165, 1.54) is 0 Å². The Hall–Kier alpha value is -3.08. The first kappa shape index (κ1) is 18.7. The predicted molar refractivity (Wildman–Crippen MR) is 104 cm³/mol. The number of esters is 1. The molecule has 140 valence electrons. The lowest BCUT2D eigenvalue weighted by atomic mass is 10.1. The van der Waals surface area contributed by atoms with Crippen molar-refractivity contribution in [3.63, 3.8) is 0 Å². The van der Waals surface area contributed by atoms with Gasteiger partial charge in [0.15, 0.2) is 6.10 Å². The van der Waals surface area contributed by atoms with Crippen LogP contribution in [0.5, 0.6) is 5.75 Å². The number of para-hydroxylation sites is 2. The highest BCUT2D eigenvalue weighted by Crippen LogP contribution is 2.21. The normalized spacial score (nSPS) is 11.9. The van der Waals surface area contributed by atoms with Crippen LogP contribution in [0.2, 0.25) is 0 Å². The maximum absolute atomic E-state index is 12.7. The standard InChI is InChI=1S/C22H23NO4/c1-3-26-20-11-7-4-8-16(20)12-13-21(24)27-15(2)22(25)18-14-23-19-10-6-5-9-17(18)19/h4-11,14-15,23H,3,12-13H2,1-2H3/t15-/m1/s1. The van der Waals surface area contributed by atoms with Crippen LogP contribution in [0.4, 0.5) is 0 Å². The number of carbonyl (C=O) groups excluding carboxylic acids is 2. The van der Waals surface area contributed by atoms with Gasteiger partial charge in [0.05, 0.1) is 6.61 Å². The van der Waals surface area contributed by atoms with E-state index in [-0.39, 0.29) is 12.2 Å². The smallest absolute Gasteiger partial charge is 0.306 e. The van der Waals surface area contributed by atoms with Crippen LogP contribution in [0.15, 0.2) is 54.7 Å². The SMILES string of the molecule is CCOc1ccccc1CCC(=O)O[C@H](C)C(=O)c1c[nH]c2ccccc12. The van der Waals surface area contributed by atoms with Gasteiger partial charge in [-0.3, -0.25) is 9.59 Å². The van der Waals surface area contributed by atoms with Crippen molar-refractivity contribution < 1.29 is 19.1 Å². The number of Topliss-reactive ketones (excluding diaryl/α,β-unsaturated/α-hetero) is 1. The molecule has 0 fully saturated rings. The van der Waals surface area contributed by atoms with E-state index in [9.17, 15) is 9.59 Å². The van der Waals surface area contributed by atoms with Gasteiger partial charge in [-0.05, 0) is 38.0 Å². The number of ether oxygens (including phenoxy) is 2. The van der Waals surface area contributed by atoms with E-state index in [4.69, 9.17) is 9.47 Å². The maximum Gasteiger partial charge on any atom is 0.306 e. The fourth-order valence-corrected chi connectivity index (χ4v) is 3.05. The largest absolute Gasteiger partial charge is 0.494 e. The van der Waals surface area contributed by atoms with E-state index in [0.717, 1.165) is 22.2 Å². The molecule has 3 rings (SSSR count). The van der Waals surface area contributed by atoms with Crippen LogP contribution in [-0.4, -0.2) is 29.4 Å². The number of aromatic nitrogens is 1. The van der Waals surface area contributed by atoms with Crippen molar-refractivity contribution in [3.05, 3.63) is 65.9 Å². The molecule has 5 nitrogen and oxygen atoms in total. The summed E-state index contributed by atoms with van der Waals surface area (Å²) in [6.45, 7) is 4.09. The minimum absolute atomic E-state index is 0.190. The van der Waals surface area contributed by atoms with E-state index in [1.54, 1.807) is 13.1 Å². The molecule has 27 heavy (non-hydrogen) atoms. The molecule has 0 bridgehead atoms. The Labute approximate surface area is 158 Å². The number of aryl methyl sites for hydroxylation is 1. The minimum atomic E-state index is -0.834. The Bertz CT molecular complexity index is 944. The third-order valence-electron chi connectivity index (χ3n) is 4.40. The van der Waals surface area contributed by atoms with E-state index >= 15 is 0 Å². The molecule has 0 radical (unpaired) electrons. The molecule has 5 heteroatoms. The number of benzene rings is 2. The number of aromatic amines is 1. The Morgan fingerprint density at radius 3 is 2.63 bits per heavy atom. The summed E-state index contributed by atoms with van der Waals surface area (Å²) in [7, 11) is 0. The fraction of sp³-hybridized carbons (Fsp3) is 0.273. The summed E-state index contributed by atoms with van der Waals surface area (Å²) in [6, 6.07) is 15.2. The monoisotopic (exact) mass is 365 g/mol. The number of rotatable bonds is 8. The van der Waals surface area contributed by atoms with Gasteiger partial charge in [-0.1, -0.05) is 36.4 Å². The molecular formula is C22H23NO4. The van der Waals surface area contributed by atoms with Gasteiger partial charge in [0.1, 0.15) is 5.75 Å². The summed E-state index contributed by atoms with van der Waals surface area (Å²) in [5, 5.41) is 0.830. The number of hydrogen-bond acceptors (Lipinski definition) is 4. The highest BCUT2D eigenvalue weighted by atomic mass is 16.5. The van der Waals surface area contributed by atoms with Crippen LogP contribution in [0.1, 0.15) is 36.2 Å². The molecule has 0 saturated heterocycles. The van der Waals surface area contributed by atoms with Gasteiger partial charge in [-0.15, -0.1) is 0 Å².